The van der Waals surface area contributed by atoms with Crippen LogP contribution in [-0.4, -0.2) is 27.8 Å². The van der Waals surface area contributed by atoms with Crippen LogP contribution in [0.2, 0.25) is 0 Å². The number of carbonyl (C=O) groups is 2. The molecule has 0 fully saturated rings. The number of carbonyl (C=O) groups excluding carboxylic acids is 2. The van der Waals surface area contributed by atoms with Crippen LogP contribution in [0.25, 0.3) is 0 Å². The fourth-order valence-corrected chi connectivity index (χ4v) is 10.2. The molecule has 0 aliphatic rings. The molecule has 1 N–H and O–H groups in total. The number of Topliss-reactive ketones (excluding diaryl/α,β-unsaturated/α-hetero) is 2. The van der Waals surface area contributed by atoms with Crippen molar-refractivity contribution in [2.75, 3.05) is 0 Å². The molecule has 0 unspecified atom stereocenters. The van der Waals surface area contributed by atoms with Crippen LogP contribution in [0.4, 0.5) is 0 Å². The molecule has 5 heteroatoms. The van der Waals surface area contributed by atoms with Crippen LogP contribution in [0, 0.1) is 0 Å². The van der Waals surface area contributed by atoms with E-state index < -0.39 is 12.7 Å². The van der Waals surface area contributed by atoms with Crippen LogP contribution < -0.4 is 15.9 Å². The minimum atomic E-state index is -3.12. The summed E-state index contributed by atoms with van der Waals surface area (Å²) in [5.74, 6) is -0.760. The summed E-state index contributed by atoms with van der Waals surface area (Å²) in [4.78, 5) is 30.5. The fraction of sp³-hybridized carbons (Fsp3) is 0. The maximum Gasteiger partial charge on any atom is 0.198 e. The van der Waals surface area contributed by atoms with E-state index in [0.29, 0.717) is 16.7 Å². The van der Waals surface area contributed by atoms with Crippen LogP contribution in [0.1, 0.15) is 31.8 Å². The molecule has 0 aromatic heterocycles. The maximum absolute atomic E-state index is 15.4. The van der Waals surface area contributed by atoms with Gasteiger partial charge in [-0.15, -0.1) is 0 Å². The average Bonchev–Trinajstić information content (AvgIpc) is 3.12. The summed E-state index contributed by atoms with van der Waals surface area (Å²) in [5, 5.41) is 16.7. The Morgan fingerprint density at radius 3 is 1.20 bits per heavy atom. The van der Waals surface area contributed by atoms with E-state index in [1.165, 1.54) is 0 Å². The molecular formula is C40H30NO3P. The molecule has 0 bridgehead atoms. The van der Waals surface area contributed by atoms with Crippen molar-refractivity contribution in [3.8, 4) is 0 Å². The van der Waals surface area contributed by atoms with Gasteiger partial charge in [0.05, 0.1) is 5.29 Å². The molecule has 0 radical (unpaired) electrons. The molecule has 218 valence electrons. The first kappa shape index (κ1) is 29.5. The summed E-state index contributed by atoms with van der Waals surface area (Å²) in [6, 6.07) is 54.8. The monoisotopic (exact) mass is 603 g/mol. The first-order valence-electron chi connectivity index (χ1n) is 14.6. The van der Waals surface area contributed by atoms with Crippen molar-refractivity contribution < 1.29 is 14.8 Å². The molecule has 6 aromatic carbocycles. The average molecular weight is 604 g/mol. The lowest BCUT2D eigenvalue weighted by Gasteiger charge is -2.32. The van der Waals surface area contributed by atoms with E-state index in [9.17, 15) is 5.21 Å². The zero-order chi connectivity index (χ0) is 31.1. The molecule has 0 spiro atoms. The van der Waals surface area contributed by atoms with Gasteiger partial charge in [0.25, 0.3) is 0 Å². The molecule has 0 saturated carbocycles. The number of hydrogen-bond donors (Lipinski definition) is 1. The molecule has 0 amide bonds. The van der Waals surface area contributed by atoms with Crippen LogP contribution in [0.5, 0.6) is 0 Å². The summed E-state index contributed by atoms with van der Waals surface area (Å²) in [6.07, 6.45) is 0. The molecule has 0 heterocycles. The van der Waals surface area contributed by atoms with Crippen molar-refractivity contribution in [1.82, 2.24) is 0 Å². The third kappa shape index (κ3) is 5.60. The summed E-state index contributed by atoms with van der Waals surface area (Å²) >= 11 is 0. The smallest absolute Gasteiger partial charge is 0.198 e. The lowest BCUT2D eigenvalue weighted by molar-refractivity contribution is 0.102. The highest BCUT2D eigenvalue weighted by Gasteiger charge is 2.38. The van der Waals surface area contributed by atoms with E-state index in [2.05, 4.69) is 5.16 Å². The van der Waals surface area contributed by atoms with Gasteiger partial charge in [0.2, 0.25) is 0 Å². The van der Waals surface area contributed by atoms with Gasteiger partial charge in [0.15, 0.2) is 11.6 Å². The first-order valence-corrected chi connectivity index (χ1v) is 16.4. The minimum Gasteiger partial charge on any atom is -0.410 e. The van der Waals surface area contributed by atoms with Gasteiger partial charge in [-0.1, -0.05) is 181 Å². The predicted molar refractivity (Wildman–Crippen MR) is 186 cm³/mol. The largest absolute Gasteiger partial charge is 0.410 e. The van der Waals surface area contributed by atoms with Gasteiger partial charge in [0, 0.05) is 22.3 Å². The number of nitrogens with zero attached hydrogens (tertiary/aromatic N) is 1. The Hall–Kier alpha value is -5.57. The summed E-state index contributed by atoms with van der Waals surface area (Å²) in [6.45, 7) is -3.12. The molecule has 6 rings (SSSR count). The molecule has 4 nitrogen and oxygen atoms in total. The Balaban J connectivity index is 1.79. The second-order valence-electron chi connectivity index (χ2n) is 10.4. The highest BCUT2D eigenvalue weighted by molar-refractivity contribution is 7.97. The Morgan fingerprint density at radius 2 is 0.778 bits per heavy atom. The molecule has 45 heavy (non-hydrogen) atoms. The van der Waals surface area contributed by atoms with Crippen LogP contribution >= 0.6 is 6.89 Å². The second kappa shape index (κ2) is 13.4. The van der Waals surface area contributed by atoms with Gasteiger partial charge in [-0.2, -0.15) is 0 Å². The number of benzene rings is 6. The molecule has 0 saturated heterocycles. The lowest BCUT2D eigenvalue weighted by atomic mass is 9.92. The summed E-state index contributed by atoms with van der Waals surface area (Å²) in [5.41, 5.74) is 2.02. The minimum absolute atomic E-state index is 0.176. The Kier molecular flexibility index (Phi) is 8.77. The topological polar surface area (TPSA) is 66.7 Å². The van der Waals surface area contributed by atoms with E-state index in [1.807, 2.05) is 140 Å². The molecule has 6 aromatic rings. The third-order valence-electron chi connectivity index (χ3n) is 7.81. The van der Waals surface area contributed by atoms with E-state index >= 15 is 9.59 Å². The van der Waals surface area contributed by atoms with Crippen molar-refractivity contribution in [3.63, 3.8) is 0 Å². The van der Waals surface area contributed by atoms with Gasteiger partial charge in [-0.3, -0.25) is 9.59 Å². The van der Waals surface area contributed by atoms with E-state index in [1.54, 1.807) is 36.4 Å². The van der Waals surface area contributed by atoms with E-state index in [4.69, 9.17) is 0 Å². The van der Waals surface area contributed by atoms with Gasteiger partial charge >= 0.3 is 0 Å². The maximum atomic E-state index is 15.4. The van der Waals surface area contributed by atoms with Crippen molar-refractivity contribution in [3.05, 3.63) is 198 Å². The predicted octanol–water partition coefficient (Wildman–Crippen LogP) is 7.15. The quantitative estimate of drug-likeness (QED) is 0.0477. The number of rotatable bonds is 9. The zero-order valence-corrected chi connectivity index (χ0v) is 25.3. The normalized spacial score (nSPS) is 11.5. The Labute approximate surface area is 262 Å². The fourth-order valence-electron chi connectivity index (χ4n) is 5.80. The highest BCUT2D eigenvalue weighted by atomic mass is 31.2. The third-order valence-corrected chi connectivity index (χ3v) is 12.1. The number of hydrogen-bond acceptors (Lipinski definition) is 4. The van der Waals surface area contributed by atoms with Crippen molar-refractivity contribution in [1.29, 1.82) is 0 Å². The van der Waals surface area contributed by atoms with Crippen molar-refractivity contribution in [2.24, 2.45) is 5.16 Å². The summed E-state index contributed by atoms with van der Waals surface area (Å²) < 4.78 is 0. The highest BCUT2D eigenvalue weighted by Crippen LogP contribution is 2.47. The van der Waals surface area contributed by atoms with Crippen LogP contribution in [-0.2, 0) is 0 Å². The van der Waals surface area contributed by atoms with Gasteiger partial charge in [0.1, 0.15) is 5.71 Å². The van der Waals surface area contributed by atoms with Gasteiger partial charge in [-0.05, 0) is 22.8 Å². The standard InChI is InChI=1S/C40H30NO3P/c42-38(31-20-8-2-9-21-31)40(39(43)36-29-17-16-28-35(36)37(41-44)30-18-6-1-7-19-30)45(32-22-10-3-11-23-32,33-24-12-4-13-25-33)34-26-14-5-15-27-34/h1-29,44H/b41-37-. The number of oxime groups is 1. The van der Waals surface area contributed by atoms with E-state index in [-0.39, 0.29) is 22.4 Å². The Bertz CT molecular complexity index is 1920. The van der Waals surface area contributed by atoms with Crippen LogP contribution in [0.3, 0.4) is 0 Å². The van der Waals surface area contributed by atoms with Crippen molar-refractivity contribution in [2.45, 2.75) is 0 Å². The zero-order valence-electron chi connectivity index (χ0n) is 24.4. The van der Waals surface area contributed by atoms with E-state index in [0.717, 1.165) is 15.9 Å². The van der Waals surface area contributed by atoms with Gasteiger partial charge < -0.3 is 5.21 Å². The van der Waals surface area contributed by atoms with Crippen LogP contribution in [0.15, 0.2) is 181 Å². The van der Waals surface area contributed by atoms with Crippen molar-refractivity contribution >= 4 is 45.4 Å². The molecular weight excluding hydrogens is 573 g/mol. The SMILES string of the molecule is O=C(C(C(=O)c1ccccc1/C(=N\O)c1ccccc1)=P(c1ccccc1)(c1ccccc1)c1ccccc1)c1ccccc1. The van der Waals surface area contributed by atoms with Gasteiger partial charge in [-0.25, -0.2) is 0 Å². The summed E-state index contributed by atoms with van der Waals surface area (Å²) in [7, 11) is 0. The molecule has 0 atom stereocenters. The lowest BCUT2D eigenvalue weighted by Crippen LogP contribution is -2.38. The first-order chi connectivity index (χ1) is 22.2. The molecule has 0 aliphatic heterocycles. The Morgan fingerprint density at radius 1 is 0.422 bits per heavy atom. The second-order valence-corrected chi connectivity index (χ2v) is 13.7. The molecule has 0 aliphatic carbocycles. The number of ketones is 2.